The molecular formula is C18H39N. The second kappa shape index (κ2) is 7.11. The zero-order valence-electron chi connectivity index (χ0n) is 15.2. The van der Waals surface area contributed by atoms with E-state index in [4.69, 9.17) is 0 Å². The van der Waals surface area contributed by atoms with Gasteiger partial charge in [-0.1, -0.05) is 41.5 Å². The summed E-state index contributed by atoms with van der Waals surface area (Å²) in [5.41, 5.74) is 1.24. The molecule has 0 aromatic rings. The average molecular weight is 270 g/mol. The van der Waals surface area contributed by atoms with Crippen molar-refractivity contribution in [3.05, 3.63) is 0 Å². The fraction of sp³-hybridized carbons (Fsp3) is 1.00. The second-order valence-electron chi connectivity index (χ2n) is 9.49. The maximum absolute atomic E-state index is 2.67. The van der Waals surface area contributed by atoms with E-state index in [-0.39, 0.29) is 0 Å². The van der Waals surface area contributed by atoms with E-state index in [0.717, 1.165) is 0 Å². The van der Waals surface area contributed by atoms with Crippen molar-refractivity contribution >= 4 is 0 Å². The van der Waals surface area contributed by atoms with Crippen LogP contribution in [0.15, 0.2) is 0 Å². The van der Waals surface area contributed by atoms with Crippen molar-refractivity contribution in [1.82, 2.24) is 4.90 Å². The second-order valence-corrected chi connectivity index (χ2v) is 9.49. The molecule has 0 bridgehead atoms. The molecule has 19 heavy (non-hydrogen) atoms. The maximum Gasteiger partial charge on any atom is 0.0125 e. The highest BCUT2D eigenvalue weighted by atomic mass is 15.2. The lowest BCUT2D eigenvalue weighted by Crippen LogP contribution is -2.43. The first-order chi connectivity index (χ1) is 8.31. The van der Waals surface area contributed by atoms with Gasteiger partial charge in [0.15, 0.2) is 0 Å². The Morgan fingerprint density at radius 2 is 0.895 bits per heavy atom. The summed E-state index contributed by atoms with van der Waals surface area (Å²) in [5, 5.41) is 0. The summed E-state index contributed by atoms with van der Waals surface area (Å²) >= 11 is 0. The molecule has 0 N–H and O–H groups in total. The third-order valence-electron chi connectivity index (χ3n) is 3.66. The van der Waals surface area contributed by atoms with Crippen LogP contribution in [0.5, 0.6) is 0 Å². The Morgan fingerprint density at radius 3 is 1.11 bits per heavy atom. The molecule has 1 nitrogen and oxygen atoms in total. The van der Waals surface area contributed by atoms with E-state index in [1.807, 2.05) is 0 Å². The standard InChI is InChI=1S/C18H39N/c1-16(2,3)12-10-14-19(18(7,8)9)15-11-13-17(4,5)6/h10-15H2,1-9H3. The fourth-order valence-corrected chi connectivity index (χ4v) is 2.38. The Kier molecular flexibility index (Phi) is 7.09. The lowest BCUT2D eigenvalue weighted by Gasteiger charge is -2.37. The van der Waals surface area contributed by atoms with Crippen LogP contribution in [0.25, 0.3) is 0 Å². The minimum Gasteiger partial charge on any atom is -0.298 e. The summed E-state index contributed by atoms with van der Waals surface area (Å²) in [4.78, 5) is 2.67. The average Bonchev–Trinajstić information content (AvgIpc) is 2.09. The van der Waals surface area contributed by atoms with Gasteiger partial charge in [-0.3, -0.25) is 4.90 Å². The van der Waals surface area contributed by atoms with Crippen LogP contribution in [0.3, 0.4) is 0 Å². The Morgan fingerprint density at radius 1 is 0.579 bits per heavy atom. The van der Waals surface area contributed by atoms with Gasteiger partial charge in [-0.05, 0) is 70.4 Å². The first-order valence-electron chi connectivity index (χ1n) is 8.06. The summed E-state index contributed by atoms with van der Waals surface area (Å²) < 4.78 is 0. The molecule has 0 saturated heterocycles. The van der Waals surface area contributed by atoms with Crippen LogP contribution in [-0.2, 0) is 0 Å². The largest absolute Gasteiger partial charge is 0.298 e. The van der Waals surface area contributed by atoms with E-state index in [0.29, 0.717) is 16.4 Å². The Labute approximate surface area is 123 Å². The predicted molar refractivity (Wildman–Crippen MR) is 88.7 cm³/mol. The topological polar surface area (TPSA) is 3.24 Å². The molecule has 0 aliphatic carbocycles. The van der Waals surface area contributed by atoms with Gasteiger partial charge < -0.3 is 0 Å². The summed E-state index contributed by atoms with van der Waals surface area (Å²) in [5.74, 6) is 0. The lowest BCUT2D eigenvalue weighted by molar-refractivity contribution is 0.121. The van der Waals surface area contributed by atoms with Crippen LogP contribution >= 0.6 is 0 Å². The van der Waals surface area contributed by atoms with Gasteiger partial charge in [-0.2, -0.15) is 0 Å². The normalized spacial score (nSPS) is 14.2. The molecule has 0 fully saturated rings. The SMILES string of the molecule is CC(C)(C)CCCN(CCCC(C)(C)C)C(C)(C)C. The highest BCUT2D eigenvalue weighted by molar-refractivity contribution is 4.77. The predicted octanol–water partition coefficient (Wildman–Crippen LogP) is 5.74. The summed E-state index contributed by atoms with van der Waals surface area (Å²) in [6.45, 7) is 23.6. The third kappa shape index (κ3) is 11.5. The third-order valence-corrected chi connectivity index (χ3v) is 3.66. The molecule has 0 atom stereocenters. The summed E-state index contributed by atoms with van der Waals surface area (Å²) in [6.07, 6.45) is 5.27. The number of rotatable bonds is 6. The Hall–Kier alpha value is -0.0400. The Balaban J connectivity index is 4.19. The van der Waals surface area contributed by atoms with Gasteiger partial charge in [0, 0.05) is 5.54 Å². The van der Waals surface area contributed by atoms with E-state index in [2.05, 4.69) is 67.2 Å². The molecule has 0 heterocycles. The van der Waals surface area contributed by atoms with Gasteiger partial charge in [-0.25, -0.2) is 0 Å². The van der Waals surface area contributed by atoms with Gasteiger partial charge in [-0.15, -0.1) is 0 Å². The molecule has 0 spiro atoms. The number of nitrogens with zero attached hydrogens (tertiary/aromatic N) is 1. The van der Waals surface area contributed by atoms with Gasteiger partial charge >= 0.3 is 0 Å². The number of hydrogen-bond acceptors (Lipinski definition) is 1. The van der Waals surface area contributed by atoms with Gasteiger partial charge in [0.25, 0.3) is 0 Å². The van der Waals surface area contributed by atoms with Crippen LogP contribution in [0.1, 0.15) is 88.0 Å². The summed E-state index contributed by atoms with van der Waals surface area (Å²) in [7, 11) is 0. The van der Waals surface area contributed by atoms with Crippen LogP contribution < -0.4 is 0 Å². The van der Waals surface area contributed by atoms with E-state index in [1.54, 1.807) is 0 Å². The van der Waals surface area contributed by atoms with E-state index >= 15 is 0 Å². The highest BCUT2D eigenvalue weighted by Gasteiger charge is 2.22. The lowest BCUT2D eigenvalue weighted by atomic mass is 9.89. The van der Waals surface area contributed by atoms with Gasteiger partial charge in [0.05, 0.1) is 0 Å². The van der Waals surface area contributed by atoms with Gasteiger partial charge in [0.2, 0.25) is 0 Å². The van der Waals surface area contributed by atoms with Crippen LogP contribution in [0.2, 0.25) is 0 Å². The Bertz CT molecular complexity index is 214. The quantitative estimate of drug-likeness (QED) is 0.594. The van der Waals surface area contributed by atoms with Crippen LogP contribution in [0, 0.1) is 10.8 Å². The minimum atomic E-state index is 0.301. The molecule has 0 rings (SSSR count). The molecule has 0 aliphatic rings. The summed E-state index contributed by atoms with van der Waals surface area (Å²) in [6, 6.07) is 0. The van der Waals surface area contributed by atoms with Crippen molar-refractivity contribution in [2.45, 2.75) is 93.5 Å². The minimum absolute atomic E-state index is 0.301. The van der Waals surface area contributed by atoms with Crippen LogP contribution in [-0.4, -0.2) is 23.5 Å². The molecule has 1 heteroatoms. The first kappa shape index (κ1) is 19.0. The molecule has 0 aliphatic heterocycles. The molecule has 0 aromatic carbocycles. The van der Waals surface area contributed by atoms with Crippen molar-refractivity contribution in [1.29, 1.82) is 0 Å². The maximum atomic E-state index is 2.67. The van der Waals surface area contributed by atoms with Gasteiger partial charge in [0.1, 0.15) is 0 Å². The smallest absolute Gasteiger partial charge is 0.0125 e. The van der Waals surface area contributed by atoms with Crippen molar-refractivity contribution < 1.29 is 0 Å². The molecular weight excluding hydrogens is 230 g/mol. The van der Waals surface area contributed by atoms with Crippen molar-refractivity contribution in [3.63, 3.8) is 0 Å². The zero-order chi connectivity index (χ0) is 15.3. The monoisotopic (exact) mass is 269 g/mol. The molecule has 0 radical (unpaired) electrons. The van der Waals surface area contributed by atoms with Crippen LogP contribution in [0.4, 0.5) is 0 Å². The van der Waals surface area contributed by atoms with Crippen molar-refractivity contribution in [3.8, 4) is 0 Å². The first-order valence-corrected chi connectivity index (χ1v) is 8.06. The zero-order valence-corrected chi connectivity index (χ0v) is 15.2. The number of hydrogen-bond donors (Lipinski definition) is 0. The molecule has 0 amide bonds. The van der Waals surface area contributed by atoms with E-state index in [1.165, 1.54) is 38.8 Å². The molecule has 0 saturated carbocycles. The molecule has 0 aromatic heterocycles. The molecule has 0 unspecified atom stereocenters. The van der Waals surface area contributed by atoms with E-state index in [9.17, 15) is 0 Å². The van der Waals surface area contributed by atoms with Crippen molar-refractivity contribution in [2.24, 2.45) is 10.8 Å². The van der Waals surface area contributed by atoms with E-state index < -0.39 is 0 Å². The van der Waals surface area contributed by atoms with Crippen molar-refractivity contribution in [2.75, 3.05) is 13.1 Å². The fourth-order valence-electron chi connectivity index (χ4n) is 2.38. The molecule has 116 valence electrons. The highest BCUT2D eigenvalue weighted by Crippen LogP contribution is 2.24.